The molecule has 0 saturated carbocycles. The molecule has 0 atom stereocenters. The molecule has 6 nitrogen and oxygen atoms in total. The van der Waals surface area contributed by atoms with Gasteiger partial charge in [0.1, 0.15) is 10.9 Å². The van der Waals surface area contributed by atoms with Crippen molar-refractivity contribution in [3.05, 3.63) is 29.3 Å². The first-order chi connectivity index (χ1) is 9.86. The number of hydrogen-bond donors (Lipinski definition) is 1. The summed E-state index contributed by atoms with van der Waals surface area (Å²) in [6, 6.07) is 3.76. The van der Waals surface area contributed by atoms with Gasteiger partial charge >= 0.3 is 5.97 Å². The van der Waals surface area contributed by atoms with Gasteiger partial charge in [0.25, 0.3) is 0 Å². The summed E-state index contributed by atoms with van der Waals surface area (Å²) < 4.78 is 1.70. The number of carboxylic acid groups (broad SMARTS) is 1. The standard InChI is InChI=1S/C14H18N4O2S/c1-8(2)11-6-13(21-7-14(19)20)18(17-11)12-5-9(3)15-10(4)16-12/h5-6,8H,7H2,1-4H3,(H,19,20). The second kappa shape index (κ2) is 6.26. The number of thioether (sulfide) groups is 1. The molecule has 0 saturated heterocycles. The van der Waals surface area contributed by atoms with E-state index in [0.29, 0.717) is 11.6 Å². The monoisotopic (exact) mass is 306 g/mol. The molecule has 7 heteroatoms. The lowest BCUT2D eigenvalue weighted by atomic mass is 10.1. The van der Waals surface area contributed by atoms with Gasteiger partial charge in [-0.15, -0.1) is 0 Å². The molecule has 2 rings (SSSR count). The molecule has 2 aromatic heterocycles. The van der Waals surface area contributed by atoms with E-state index in [2.05, 4.69) is 28.9 Å². The van der Waals surface area contributed by atoms with Crippen LogP contribution in [0.3, 0.4) is 0 Å². The van der Waals surface area contributed by atoms with Gasteiger partial charge in [-0.2, -0.15) is 5.10 Å². The molecule has 0 bridgehead atoms. The highest BCUT2D eigenvalue weighted by atomic mass is 32.2. The Morgan fingerprint density at radius 3 is 2.62 bits per heavy atom. The number of nitrogens with zero attached hydrogens (tertiary/aromatic N) is 4. The minimum atomic E-state index is -0.853. The summed E-state index contributed by atoms with van der Waals surface area (Å²) >= 11 is 1.24. The zero-order chi connectivity index (χ0) is 15.6. The van der Waals surface area contributed by atoms with E-state index in [1.807, 2.05) is 26.0 Å². The third-order valence-electron chi connectivity index (χ3n) is 2.80. The van der Waals surface area contributed by atoms with Crippen LogP contribution in [0.1, 0.15) is 37.0 Å². The fourth-order valence-electron chi connectivity index (χ4n) is 1.87. The molecule has 112 valence electrons. The van der Waals surface area contributed by atoms with Crippen LogP contribution < -0.4 is 0 Å². The van der Waals surface area contributed by atoms with E-state index in [1.54, 1.807) is 4.68 Å². The maximum absolute atomic E-state index is 10.8. The van der Waals surface area contributed by atoms with Crippen LogP contribution in [0.25, 0.3) is 5.82 Å². The summed E-state index contributed by atoms with van der Waals surface area (Å²) in [4.78, 5) is 19.4. The third-order valence-corrected chi connectivity index (χ3v) is 3.78. The molecular formula is C14H18N4O2S. The quantitative estimate of drug-likeness (QED) is 0.855. The lowest BCUT2D eigenvalue weighted by molar-refractivity contribution is -0.133. The van der Waals surface area contributed by atoms with Crippen molar-refractivity contribution >= 4 is 17.7 Å². The predicted octanol–water partition coefficient (Wildman–Crippen LogP) is 2.58. The Morgan fingerprint density at radius 2 is 2.05 bits per heavy atom. The minimum Gasteiger partial charge on any atom is -0.481 e. The number of carbonyl (C=O) groups is 1. The smallest absolute Gasteiger partial charge is 0.313 e. The lowest BCUT2D eigenvalue weighted by Crippen LogP contribution is -2.06. The molecule has 1 N–H and O–H groups in total. The zero-order valence-corrected chi connectivity index (χ0v) is 13.3. The van der Waals surface area contributed by atoms with E-state index < -0.39 is 5.97 Å². The molecule has 0 aliphatic rings. The maximum Gasteiger partial charge on any atom is 0.313 e. The Morgan fingerprint density at radius 1 is 1.33 bits per heavy atom. The maximum atomic E-state index is 10.8. The van der Waals surface area contributed by atoms with Crippen LogP contribution in [0.4, 0.5) is 0 Å². The summed E-state index contributed by atoms with van der Waals surface area (Å²) in [6.07, 6.45) is 0. The van der Waals surface area contributed by atoms with Gasteiger partial charge in [0, 0.05) is 11.8 Å². The molecule has 0 unspecified atom stereocenters. The van der Waals surface area contributed by atoms with Gasteiger partial charge < -0.3 is 5.11 Å². The molecule has 2 aromatic rings. The number of aryl methyl sites for hydroxylation is 2. The van der Waals surface area contributed by atoms with E-state index in [9.17, 15) is 4.79 Å². The topological polar surface area (TPSA) is 80.9 Å². The average Bonchev–Trinajstić information content (AvgIpc) is 2.79. The van der Waals surface area contributed by atoms with Crippen LogP contribution in [0, 0.1) is 13.8 Å². The number of aliphatic carboxylic acids is 1. The van der Waals surface area contributed by atoms with Crippen LogP contribution in [-0.4, -0.2) is 36.6 Å². The number of rotatable bonds is 5. The summed E-state index contributed by atoms with van der Waals surface area (Å²) in [5.41, 5.74) is 1.77. The highest BCUT2D eigenvalue weighted by molar-refractivity contribution is 7.99. The van der Waals surface area contributed by atoms with Crippen LogP contribution >= 0.6 is 11.8 Å². The van der Waals surface area contributed by atoms with Gasteiger partial charge in [-0.05, 0) is 25.8 Å². The second-order valence-electron chi connectivity index (χ2n) is 5.07. The van der Waals surface area contributed by atoms with E-state index in [4.69, 9.17) is 5.11 Å². The first kappa shape index (κ1) is 15.5. The van der Waals surface area contributed by atoms with Crippen molar-refractivity contribution in [3.63, 3.8) is 0 Å². The molecule has 0 spiro atoms. The normalized spacial score (nSPS) is 11.1. The Balaban J connectivity index is 2.46. The van der Waals surface area contributed by atoms with Crippen molar-refractivity contribution in [1.82, 2.24) is 19.7 Å². The van der Waals surface area contributed by atoms with Gasteiger partial charge in [-0.1, -0.05) is 25.6 Å². The molecule has 0 aromatic carbocycles. The van der Waals surface area contributed by atoms with Crippen LogP contribution in [0.5, 0.6) is 0 Å². The van der Waals surface area contributed by atoms with Crippen molar-refractivity contribution in [2.24, 2.45) is 0 Å². The summed E-state index contributed by atoms with van der Waals surface area (Å²) in [5, 5.41) is 14.2. The van der Waals surface area contributed by atoms with E-state index in [-0.39, 0.29) is 11.7 Å². The van der Waals surface area contributed by atoms with Crippen molar-refractivity contribution in [3.8, 4) is 5.82 Å². The Hall–Kier alpha value is -1.89. The molecule has 0 fully saturated rings. The van der Waals surface area contributed by atoms with Gasteiger partial charge in [-0.3, -0.25) is 4.79 Å². The van der Waals surface area contributed by atoms with Crippen molar-refractivity contribution in [2.45, 2.75) is 38.6 Å². The van der Waals surface area contributed by atoms with Gasteiger partial charge in [0.15, 0.2) is 5.82 Å². The highest BCUT2D eigenvalue weighted by Gasteiger charge is 2.15. The molecule has 0 radical (unpaired) electrons. The van der Waals surface area contributed by atoms with E-state index >= 15 is 0 Å². The average molecular weight is 306 g/mol. The number of aromatic nitrogens is 4. The second-order valence-corrected chi connectivity index (χ2v) is 6.07. The van der Waals surface area contributed by atoms with Gasteiger partial charge in [0.2, 0.25) is 0 Å². The van der Waals surface area contributed by atoms with Crippen LogP contribution in [0.15, 0.2) is 17.2 Å². The van der Waals surface area contributed by atoms with E-state index in [0.717, 1.165) is 16.4 Å². The summed E-state index contributed by atoms with van der Waals surface area (Å²) in [5.74, 6) is 0.737. The molecule has 2 heterocycles. The van der Waals surface area contributed by atoms with Crippen molar-refractivity contribution in [1.29, 1.82) is 0 Å². The molecule has 21 heavy (non-hydrogen) atoms. The van der Waals surface area contributed by atoms with Gasteiger partial charge in [-0.25, -0.2) is 14.6 Å². The molecule has 0 aliphatic heterocycles. The number of hydrogen-bond acceptors (Lipinski definition) is 5. The van der Waals surface area contributed by atoms with Crippen LogP contribution in [-0.2, 0) is 4.79 Å². The van der Waals surface area contributed by atoms with Crippen molar-refractivity contribution in [2.75, 3.05) is 5.75 Å². The third kappa shape index (κ3) is 3.81. The first-order valence-corrected chi connectivity index (χ1v) is 7.62. The Bertz CT molecular complexity index is 647. The van der Waals surface area contributed by atoms with E-state index in [1.165, 1.54) is 11.8 Å². The lowest BCUT2D eigenvalue weighted by Gasteiger charge is -2.07. The Labute approximate surface area is 127 Å². The molecular weight excluding hydrogens is 288 g/mol. The highest BCUT2D eigenvalue weighted by Crippen LogP contribution is 2.25. The number of carboxylic acids is 1. The SMILES string of the molecule is Cc1cc(-n2nc(C(C)C)cc2SCC(=O)O)nc(C)n1. The minimum absolute atomic E-state index is 0.00766. The zero-order valence-electron chi connectivity index (χ0n) is 12.5. The fraction of sp³-hybridized carbons (Fsp3) is 0.429. The fourth-order valence-corrected chi connectivity index (χ4v) is 2.60. The van der Waals surface area contributed by atoms with Gasteiger partial charge in [0.05, 0.1) is 11.4 Å². The Kier molecular flexibility index (Phi) is 4.62. The summed E-state index contributed by atoms with van der Waals surface area (Å²) in [6.45, 7) is 7.83. The van der Waals surface area contributed by atoms with Crippen LogP contribution in [0.2, 0.25) is 0 Å². The molecule has 0 aliphatic carbocycles. The first-order valence-electron chi connectivity index (χ1n) is 6.64. The molecule has 0 amide bonds. The largest absolute Gasteiger partial charge is 0.481 e. The van der Waals surface area contributed by atoms with Crippen molar-refractivity contribution < 1.29 is 9.90 Å². The summed E-state index contributed by atoms with van der Waals surface area (Å²) in [7, 11) is 0. The predicted molar refractivity (Wildman–Crippen MR) is 81.1 cm³/mol.